The molecule has 1 fully saturated rings. The van der Waals surface area contributed by atoms with Crippen molar-refractivity contribution in [1.29, 1.82) is 0 Å². The normalized spacial score (nSPS) is 19.3. The number of nitrogens with one attached hydrogen (secondary N) is 1. The van der Waals surface area contributed by atoms with Crippen molar-refractivity contribution in [2.24, 2.45) is 0 Å². The van der Waals surface area contributed by atoms with E-state index < -0.39 is 0 Å². The van der Waals surface area contributed by atoms with Crippen LogP contribution in [0.15, 0.2) is 47.1 Å². The van der Waals surface area contributed by atoms with Gasteiger partial charge in [-0.25, -0.2) is 0 Å². The van der Waals surface area contributed by atoms with Gasteiger partial charge in [-0.3, -0.25) is 9.69 Å². The summed E-state index contributed by atoms with van der Waals surface area (Å²) in [6.45, 7) is 6.36. The van der Waals surface area contributed by atoms with Crippen LogP contribution in [0.2, 0.25) is 0 Å². The predicted molar refractivity (Wildman–Crippen MR) is 94.0 cm³/mol. The van der Waals surface area contributed by atoms with Crippen molar-refractivity contribution in [2.75, 3.05) is 39.8 Å². The lowest BCUT2D eigenvalue weighted by Gasteiger charge is -2.40. The van der Waals surface area contributed by atoms with E-state index >= 15 is 0 Å². The zero-order chi connectivity index (χ0) is 16.9. The van der Waals surface area contributed by atoms with E-state index in [9.17, 15) is 4.79 Å². The molecule has 2 aromatic rings. The molecule has 1 aromatic carbocycles. The molecule has 1 atom stereocenters. The lowest BCUT2D eigenvalue weighted by molar-refractivity contribution is 0.0842. The Bertz CT molecular complexity index is 668. The molecule has 5 heteroatoms. The van der Waals surface area contributed by atoms with Gasteiger partial charge in [0, 0.05) is 38.8 Å². The smallest absolute Gasteiger partial charge is 0.254 e. The summed E-state index contributed by atoms with van der Waals surface area (Å²) in [5.41, 5.74) is 1.95. The summed E-state index contributed by atoms with van der Waals surface area (Å²) in [5, 5.41) is 3.00. The summed E-state index contributed by atoms with van der Waals surface area (Å²) in [6.07, 6.45) is 1.55. The maximum Gasteiger partial charge on any atom is 0.254 e. The van der Waals surface area contributed by atoms with Gasteiger partial charge in [0.15, 0.2) is 0 Å². The van der Waals surface area contributed by atoms with Crippen LogP contribution in [0.4, 0.5) is 0 Å². The van der Waals surface area contributed by atoms with Crippen molar-refractivity contribution >= 4 is 5.91 Å². The highest BCUT2D eigenvalue weighted by molar-refractivity contribution is 5.94. The van der Waals surface area contributed by atoms with Crippen molar-refractivity contribution in [2.45, 2.75) is 13.0 Å². The van der Waals surface area contributed by atoms with Gasteiger partial charge in [-0.1, -0.05) is 30.3 Å². The molecule has 24 heavy (non-hydrogen) atoms. The van der Waals surface area contributed by atoms with Crippen molar-refractivity contribution in [1.82, 2.24) is 15.1 Å². The van der Waals surface area contributed by atoms with E-state index in [4.69, 9.17) is 4.42 Å². The molecule has 128 valence electrons. The molecule has 0 radical (unpaired) electrons. The topological polar surface area (TPSA) is 48.7 Å². The van der Waals surface area contributed by atoms with E-state index in [-0.39, 0.29) is 5.91 Å². The molecule has 0 spiro atoms. The molecule has 1 aliphatic rings. The lowest BCUT2D eigenvalue weighted by Crippen LogP contribution is -2.49. The number of piperazine rings is 1. The van der Waals surface area contributed by atoms with Crippen LogP contribution in [-0.2, 0) is 0 Å². The molecule has 0 bridgehead atoms. The molecule has 0 aliphatic carbocycles. The minimum atomic E-state index is -0.0633. The number of benzene rings is 1. The minimum Gasteiger partial charge on any atom is -0.469 e. The van der Waals surface area contributed by atoms with Crippen molar-refractivity contribution in [3.05, 3.63) is 59.5 Å². The molecule has 5 nitrogen and oxygen atoms in total. The molecular formula is C19H25N3O2. The number of likely N-dealkylation sites (N-methyl/N-ethyl adjacent to an activating group) is 1. The summed E-state index contributed by atoms with van der Waals surface area (Å²) in [5.74, 6) is 0.598. The average molecular weight is 327 g/mol. The number of nitrogens with zero attached hydrogens (tertiary/aromatic N) is 2. The Balaban J connectivity index is 1.58. The first kappa shape index (κ1) is 16.7. The highest BCUT2D eigenvalue weighted by Crippen LogP contribution is 2.24. The number of carbonyl (C=O) groups excluding carboxylic acids is 1. The van der Waals surface area contributed by atoms with Crippen LogP contribution in [0, 0.1) is 6.92 Å². The van der Waals surface area contributed by atoms with E-state index in [0.717, 1.165) is 26.2 Å². The third kappa shape index (κ3) is 3.86. The van der Waals surface area contributed by atoms with Crippen LogP contribution in [0.5, 0.6) is 0 Å². The predicted octanol–water partition coefficient (Wildman–Crippen LogP) is 2.31. The summed E-state index contributed by atoms with van der Waals surface area (Å²) < 4.78 is 5.19. The van der Waals surface area contributed by atoms with Gasteiger partial charge < -0.3 is 14.6 Å². The summed E-state index contributed by atoms with van der Waals surface area (Å²) in [7, 11) is 2.16. The molecule has 1 amide bonds. The van der Waals surface area contributed by atoms with E-state index in [1.54, 1.807) is 19.3 Å². The van der Waals surface area contributed by atoms with Gasteiger partial charge >= 0.3 is 0 Å². The zero-order valence-corrected chi connectivity index (χ0v) is 14.4. The molecule has 0 saturated carbocycles. The van der Waals surface area contributed by atoms with E-state index in [1.165, 1.54) is 5.56 Å². The standard InChI is InChI=1S/C19H25N3O2/c1-15-17(8-13-24-15)19(23)20-9-10-22-12-11-21(2)14-18(22)16-6-4-3-5-7-16/h3-8,13,18H,9-12,14H2,1-2H3,(H,20,23)/t18-/m1/s1. The SMILES string of the molecule is Cc1occc1C(=O)NCCN1CCN(C)C[C@@H]1c1ccccc1. The third-order valence-electron chi connectivity index (χ3n) is 4.67. The van der Waals surface area contributed by atoms with E-state index in [2.05, 4.69) is 46.4 Å². The summed E-state index contributed by atoms with van der Waals surface area (Å²) in [6, 6.07) is 12.7. The molecule has 3 rings (SSSR count). The fourth-order valence-electron chi connectivity index (χ4n) is 3.24. The van der Waals surface area contributed by atoms with Crippen LogP contribution >= 0.6 is 0 Å². The van der Waals surface area contributed by atoms with Gasteiger partial charge in [0.05, 0.1) is 11.8 Å². The van der Waals surface area contributed by atoms with Crippen LogP contribution in [-0.4, -0.2) is 55.5 Å². The summed E-state index contributed by atoms with van der Waals surface area (Å²) >= 11 is 0. The Morgan fingerprint density at radius 3 is 2.75 bits per heavy atom. The molecule has 1 N–H and O–H groups in total. The molecule has 0 unspecified atom stereocenters. The number of hydrogen-bond donors (Lipinski definition) is 1. The van der Waals surface area contributed by atoms with Crippen LogP contribution in [0.25, 0.3) is 0 Å². The quantitative estimate of drug-likeness (QED) is 0.915. The maximum atomic E-state index is 12.2. The van der Waals surface area contributed by atoms with Crippen molar-refractivity contribution in [3.63, 3.8) is 0 Å². The number of rotatable bonds is 5. The first-order chi connectivity index (χ1) is 11.6. The Kier molecular flexibility index (Phi) is 5.33. The van der Waals surface area contributed by atoms with Crippen LogP contribution in [0.1, 0.15) is 27.7 Å². The van der Waals surface area contributed by atoms with Crippen molar-refractivity contribution in [3.8, 4) is 0 Å². The molecule has 1 aromatic heterocycles. The van der Waals surface area contributed by atoms with Gasteiger partial charge in [0.1, 0.15) is 5.76 Å². The fourth-order valence-corrected chi connectivity index (χ4v) is 3.24. The minimum absolute atomic E-state index is 0.0633. The number of furan rings is 1. The Morgan fingerprint density at radius 2 is 2.04 bits per heavy atom. The lowest BCUT2D eigenvalue weighted by atomic mass is 10.0. The highest BCUT2D eigenvalue weighted by Gasteiger charge is 2.26. The largest absolute Gasteiger partial charge is 0.469 e. The fraction of sp³-hybridized carbons (Fsp3) is 0.421. The molecular weight excluding hydrogens is 302 g/mol. The molecule has 1 saturated heterocycles. The second-order valence-electron chi connectivity index (χ2n) is 6.37. The summed E-state index contributed by atoms with van der Waals surface area (Å²) in [4.78, 5) is 17.0. The number of hydrogen-bond acceptors (Lipinski definition) is 4. The Labute approximate surface area is 143 Å². The van der Waals surface area contributed by atoms with Gasteiger partial charge in [0.25, 0.3) is 5.91 Å². The monoisotopic (exact) mass is 327 g/mol. The highest BCUT2D eigenvalue weighted by atomic mass is 16.3. The van der Waals surface area contributed by atoms with Gasteiger partial charge in [-0.05, 0) is 25.6 Å². The Hall–Kier alpha value is -2.11. The number of aryl methyl sites for hydroxylation is 1. The van der Waals surface area contributed by atoms with Crippen LogP contribution in [0.3, 0.4) is 0 Å². The number of amides is 1. The molecule has 2 heterocycles. The number of carbonyl (C=O) groups is 1. The Morgan fingerprint density at radius 1 is 1.25 bits per heavy atom. The second kappa shape index (κ2) is 7.64. The van der Waals surface area contributed by atoms with E-state index in [1.807, 2.05) is 6.07 Å². The van der Waals surface area contributed by atoms with Crippen LogP contribution < -0.4 is 5.32 Å². The van der Waals surface area contributed by atoms with Gasteiger partial charge in [-0.15, -0.1) is 0 Å². The first-order valence-electron chi connectivity index (χ1n) is 8.45. The third-order valence-corrected chi connectivity index (χ3v) is 4.67. The van der Waals surface area contributed by atoms with Gasteiger partial charge in [-0.2, -0.15) is 0 Å². The van der Waals surface area contributed by atoms with E-state index in [0.29, 0.717) is 23.9 Å². The maximum absolute atomic E-state index is 12.2. The second-order valence-corrected chi connectivity index (χ2v) is 6.37. The molecule has 1 aliphatic heterocycles. The average Bonchev–Trinajstić information content (AvgIpc) is 3.03. The van der Waals surface area contributed by atoms with Crippen molar-refractivity contribution < 1.29 is 9.21 Å². The van der Waals surface area contributed by atoms with Gasteiger partial charge in [0.2, 0.25) is 0 Å². The first-order valence-corrected chi connectivity index (χ1v) is 8.45. The zero-order valence-electron chi connectivity index (χ0n) is 14.4.